The van der Waals surface area contributed by atoms with Crippen LogP contribution in [0.15, 0.2) is 28.9 Å². The molecule has 0 aliphatic carbocycles. The molecule has 3 aromatic rings. The van der Waals surface area contributed by atoms with E-state index in [0.29, 0.717) is 18.3 Å². The fourth-order valence-corrected chi connectivity index (χ4v) is 3.26. The Bertz CT molecular complexity index is 857. The Morgan fingerprint density at radius 1 is 1.32 bits per heavy atom. The molecule has 0 atom stereocenters. The highest BCUT2D eigenvalue weighted by atomic mass is 16.4. The molecule has 0 radical (unpaired) electrons. The van der Waals surface area contributed by atoms with E-state index in [1.165, 1.54) is 5.69 Å². The van der Waals surface area contributed by atoms with Gasteiger partial charge < -0.3 is 9.52 Å². The average molecular weight is 340 g/mol. The summed E-state index contributed by atoms with van der Waals surface area (Å²) in [5, 5.41) is 22.3. The van der Waals surface area contributed by atoms with E-state index in [1.807, 2.05) is 16.8 Å². The molecule has 3 aromatic heterocycles. The minimum atomic E-state index is -0.0329. The molecule has 1 aliphatic rings. The smallest absolute Gasteiger partial charge is 0.249 e. The second-order valence-corrected chi connectivity index (χ2v) is 6.05. The molecule has 8 nitrogen and oxygen atoms in total. The van der Waals surface area contributed by atoms with Gasteiger partial charge in [-0.2, -0.15) is 5.10 Å². The largest absolute Gasteiger partial charge is 0.419 e. The minimum absolute atomic E-state index is 0.0329. The van der Waals surface area contributed by atoms with Gasteiger partial charge >= 0.3 is 0 Å². The maximum absolute atomic E-state index is 9.57. The van der Waals surface area contributed by atoms with E-state index in [-0.39, 0.29) is 6.61 Å². The zero-order chi connectivity index (χ0) is 17.2. The van der Waals surface area contributed by atoms with Crippen LogP contribution in [0.2, 0.25) is 0 Å². The van der Waals surface area contributed by atoms with Gasteiger partial charge in [0, 0.05) is 49.7 Å². The van der Waals surface area contributed by atoms with Crippen molar-refractivity contribution in [2.24, 2.45) is 0 Å². The first-order chi connectivity index (χ1) is 12.3. The molecule has 4 heterocycles. The van der Waals surface area contributed by atoms with Crippen LogP contribution in [0.4, 0.5) is 0 Å². The molecule has 1 N–H and O–H groups in total. The molecule has 1 aliphatic heterocycles. The summed E-state index contributed by atoms with van der Waals surface area (Å²) in [7, 11) is 0. The number of pyridine rings is 1. The number of rotatable bonds is 5. The Labute approximate surface area is 145 Å². The van der Waals surface area contributed by atoms with Gasteiger partial charge in [-0.05, 0) is 19.1 Å². The van der Waals surface area contributed by atoms with Crippen molar-refractivity contribution in [2.45, 2.75) is 39.6 Å². The van der Waals surface area contributed by atoms with Crippen LogP contribution in [0.3, 0.4) is 0 Å². The lowest BCUT2D eigenvalue weighted by Gasteiger charge is -2.26. The highest BCUT2D eigenvalue weighted by Crippen LogP contribution is 2.24. The van der Waals surface area contributed by atoms with E-state index in [1.54, 1.807) is 12.4 Å². The Kier molecular flexibility index (Phi) is 4.29. The van der Waals surface area contributed by atoms with Crippen LogP contribution >= 0.6 is 0 Å². The molecule has 0 spiro atoms. The monoisotopic (exact) mass is 340 g/mol. The minimum Gasteiger partial charge on any atom is -0.419 e. The predicted molar refractivity (Wildman–Crippen MR) is 89.2 cm³/mol. The standard InChI is InChI=1S/C17H20N6O2/c1-2-23-15-5-7-22(9-13(15)14(11-24)21-23)10-16-19-20-17(25-16)12-4-3-6-18-8-12/h3-4,6,8,24H,2,5,7,9-11H2,1H3. The molecule has 0 unspecified atom stereocenters. The van der Waals surface area contributed by atoms with Crippen molar-refractivity contribution in [3.63, 3.8) is 0 Å². The van der Waals surface area contributed by atoms with Crippen LogP contribution in [0.25, 0.3) is 11.5 Å². The molecule has 130 valence electrons. The number of hydrogen-bond acceptors (Lipinski definition) is 7. The third-order valence-electron chi connectivity index (χ3n) is 4.48. The topological polar surface area (TPSA) is 93.1 Å². The third-order valence-corrected chi connectivity index (χ3v) is 4.48. The van der Waals surface area contributed by atoms with Crippen molar-refractivity contribution in [2.75, 3.05) is 6.54 Å². The van der Waals surface area contributed by atoms with Gasteiger partial charge in [0.25, 0.3) is 0 Å². The number of hydrogen-bond donors (Lipinski definition) is 1. The molecule has 0 saturated heterocycles. The second-order valence-electron chi connectivity index (χ2n) is 6.05. The summed E-state index contributed by atoms with van der Waals surface area (Å²) in [5.74, 6) is 1.06. The van der Waals surface area contributed by atoms with Gasteiger partial charge in [-0.1, -0.05) is 0 Å². The summed E-state index contributed by atoms with van der Waals surface area (Å²) >= 11 is 0. The van der Waals surface area contributed by atoms with Gasteiger partial charge in [0.2, 0.25) is 11.8 Å². The molecule has 4 rings (SSSR count). The SMILES string of the molecule is CCn1nc(CO)c2c1CCN(Cc1nnc(-c3cccnc3)o1)C2. The molecule has 0 amide bonds. The molecule has 8 heteroatoms. The van der Waals surface area contributed by atoms with Crippen molar-refractivity contribution in [3.05, 3.63) is 47.4 Å². The number of fused-ring (bicyclic) bond motifs is 1. The summed E-state index contributed by atoms with van der Waals surface area (Å²) in [6.45, 7) is 5.06. The zero-order valence-corrected chi connectivity index (χ0v) is 14.1. The molecule has 25 heavy (non-hydrogen) atoms. The van der Waals surface area contributed by atoms with Crippen molar-refractivity contribution < 1.29 is 9.52 Å². The average Bonchev–Trinajstić information content (AvgIpc) is 3.26. The first-order valence-electron chi connectivity index (χ1n) is 8.42. The maximum atomic E-state index is 9.57. The first-order valence-corrected chi connectivity index (χ1v) is 8.42. The van der Waals surface area contributed by atoms with Crippen molar-refractivity contribution >= 4 is 0 Å². The number of aliphatic hydroxyl groups is 1. The van der Waals surface area contributed by atoms with E-state index in [2.05, 4.69) is 32.1 Å². The second kappa shape index (κ2) is 6.73. The van der Waals surface area contributed by atoms with E-state index in [9.17, 15) is 5.11 Å². The molecule has 0 saturated carbocycles. The maximum Gasteiger partial charge on any atom is 0.249 e. The van der Waals surface area contributed by atoms with Crippen LogP contribution in [0, 0.1) is 0 Å². The van der Waals surface area contributed by atoms with Crippen LogP contribution in [-0.4, -0.2) is 41.5 Å². The van der Waals surface area contributed by atoms with Crippen LogP contribution in [0.1, 0.15) is 29.8 Å². The summed E-state index contributed by atoms with van der Waals surface area (Å²) in [6, 6.07) is 3.73. The fraction of sp³-hybridized carbons (Fsp3) is 0.412. The molecule has 0 fully saturated rings. The van der Waals surface area contributed by atoms with Crippen molar-refractivity contribution in [1.29, 1.82) is 0 Å². The summed E-state index contributed by atoms with van der Waals surface area (Å²) in [5.41, 5.74) is 3.93. The molecule has 0 bridgehead atoms. The van der Waals surface area contributed by atoms with E-state index in [0.717, 1.165) is 42.9 Å². The van der Waals surface area contributed by atoms with E-state index in [4.69, 9.17) is 4.42 Å². The number of aliphatic hydroxyl groups excluding tert-OH is 1. The van der Waals surface area contributed by atoms with Gasteiger partial charge in [-0.25, -0.2) is 0 Å². The van der Waals surface area contributed by atoms with Crippen molar-refractivity contribution in [1.82, 2.24) is 29.9 Å². The third kappa shape index (κ3) is 3.06. The van der Waals surface area contributed by atoms with E-state index < -0.39 is 0 Å². The highest BCUT2D eigenvalue weighted by Gasteiger charge is 2.25. The van der Waals surface area contributed by atoms with Gasteiger partial charge in [0.15, 0.2) is 0 Å². The molecule has 0 aromatic carbocycles. The molecular formula is C17H20N6O2. The number of aryl methyl sites for hydroxylation is 1. The Morgan fingerprint density at radius 3 is 3.00 bits per heavy atom. The predicted octanol–water partition coefficient (Wildman–Crippen LogP) is 1.40. The highest BCUT2D eigenvalue weighted by molar-refractivity contribution is 5.49. The Hall–Kier alpha value is -2.58. The first kappa shape index (κ1) is 15.9. The van der Waals surface area contributed by atoms with Gasteiger partial charge in [0.1, 0.15) is 0 Å². The zero-order valence-electron chi connectivity index (χ0n) is 14.1. The van der Waals surface area contributed by atoms with Gasteiger partial charge in [0.05, 0.1) is 24.4 Å². The number of aromatic nitrogens is 5. The Balaban J connectivity index is 1.50. The normalized spacial score (nSPS) is 14.6. The van der Waals surface area contributed by atoms with Crippen LogP contribution in [-0.2, 0) is 32.7 Å². The van der Waals surface area contributed by atoms with Crippen molar-refractivity contribution in [3.8, 4) is 11.5 Å². The lowest BCUT2D eigenvalue weighted by Crippen LogP contribution is -2.31. The van der Waals surface area contributed by atoms with Crippen LogP contribution in [0.5, 0.6) is 0 Å². The van der Waals surface area contributed by atoms with Gasteiger partial charge in [-0.3, -0.25) is 14.6 Å². The lowest BCUT2D eigenvalue weighted by atomic mass is 10.1. The Morgan fingerprint density at radius 2 is 2.24 bits per heavy atom. The summed E-state index contributed by atoms with van der Waals surface area (Å²) < 4.78 is 7.76. The van der Waals surface area contributed by atoms with Gasteiger partial charge in [-0.15, -0.1) is 10.2 Å². The summed E-state index contributed by atoms with van der Waals surface area (Å²) in [6.07, 6.45) is 4.32. The lowest BCUT2D eigenvalue weighted by molar-refractivity contribution is 0.216. The fourth-order valence-electron chi connectivity index (χ4n) is 3.26. The van der Waals surface area contributed by atoms with Crippen LogP contribution < -0.4 is 0 Å². The summed E-state index contributed by atoms with van der Waals surface area (Å²) in [4.78, 5) is 6.31. The van der Waals surface area contributed by atoms with E-state index >= 15 is 0 Å². The quantitative estimate of drug-likeness (QED) is 0.750. The molecular weight excluding hydrogens is 320 g/mol. The number of nitrogens with zero attached hydrogens (tertiary/aromatic N) is 6.